The number of benzene rings is 2. The molecular formula is C18H20O4. The molecule has 0 saturated carbocycles. The van der Waals surface area contributed by atoms with Crippen molar-refractivity contribution in [2.24, 2.45) is 0 Å². The van der Waals surface area contributed by atoms with Gasteiger partial charge in [-0.1, -0.05) is 24.3 Å². The Balaban J connectivity index is 0.000000255. The van der Waals surface area contributed by atoms with Gasteiger partial charge >= 0.3 is 11.9 Å². The molecule has 0 fully saturated rings. The summed E-state index contributed by atoms with van der Waals surface area (Å²) in [5.74, 6) is -1.45. The highest BCUT2D eigenvalue weighted by Crippen LogP contribution is 2.06. The van der Waals surface area contributed by atoms with Gasteiger partial charge in [-0.15, -0.1) is 0 Å². The standard InChI is InChI=1S/C10H10O4.C8H10/c1-2-14-10(13)8-5-3-7(4-6-8)9(11)12;1-7-5-3-4-6-8(7)2/h3-6H,2H2,1H3,(H,11,12);3-6H,1-2H3. The van der Waals surface area contributed by atoms with Crippen molar-refractivity contribution in [3.8, 4) is 0 Å². The lowest BCUT2D eigenvalue weighted by Gasteiger charge is -2.01. The van der Waals surface area contributed by atoms with Gasteiger partial charge in [-0.25, -0.2) is 9.59 Å². The summed E-state index contributed by atoms with van der Waals surface area (Å²) in [4.78, 5) is 21.6. The minimum absolute atomic E-state index is 0.151. The summed E-state index contributed by atoms with van der Waals surface area (Å²) < 4.78 is 4.74. The van der Waals surface area contributed by atoms with Crippen molar-refractivity contribution < 1.29 is 19.4 Å². The fraction of sp³-hybridized carbons (Fsp3) is 0.222. The zero-order chi connectivity index (χ0) is 16.5. The zero-order valence-corrected chi connectivity index (χ0v) is 13.0. The molecule has 0 aliphatic rings. The smallest absolute Gasteiger partial charge is 0.338 e. The average molecular weight is 300 g/mol. The van der Waals surface area contributed by atoms with Crippen LogP contribution < -0.4 is 0 Å². The quantitative estimate of drug-likeness (QED) is 0.874. The molecule has 0 bridgehead atoms. The van der Waals surface area contributed by atoms with Crippen LogP contribution in [0.4, 0.5) is 0 Å². The SMILES string of the molecule is CCOC(=O)c1ccc(C(=O)O)cc1.Cc1ccccc1C. The van der Waals surface area contributed by atoms with Gasteiger partial charge in [0.15, 0.2) is 0 Å². The van der Waals surface area contributed by atoms with Gasteiger partial charge in [0.2, 0.25) is 0 Å². The molecule has 0 aromatic heterocycles. The van der Waals surface area contributed by atoms with E-state index < -0.39 is 11.9 Å². The Bertz CT molecular complexity index is 609. The second-order valence-electron chi connectivity index (χ2n) is 4.69. The van der Waals surface area contributed by atoms with Crippen molar-refractivity contribution in [1.29, 1.82) is 0 Å². The number of esters is 1. The molecule has 2 aromatic carbocycles. The summed E-state index contributed by atoms with van der Waals surface area (Å²) in [7, 11) is 0. The number of ether oxygens (including phenoxy) is 1. The highest BCUT2D eigenvalue weighted by Gasteiger charge is 2.07. The first-order valence-electron chi connectivity index (χ1n) is 6.98. The molecule has 4 heteroatoms. The summed E-state index contributed by atoms with van der Waals surface area (Å²) in [6, 6.07) is 14.0. The Morgan fingerprint density at radius 2 is 1.36 bits per heavy atom. The van der Waals surface area contributed by atoms with Crippen LogP contribution in [0.15, 0.2) is 48.5 Å². The molecule has 4 nitrogen and oxygen atoms in total. The number of hydrogen-bond acceptors (Lipinski definition) is 3. The van der Waals surface area contributed by atoms with E-state index in [2.05, 4.69) is 38.1 Å². The second kappa shape index (κ2) is 8.62. The minimum atomic E-state index is -1.01. The van der Waals surface area contributed by atoms with Crippen molar-refractivity contribution in [2.45, 2.75) is 20.8 Å². The Morgan fingerprint density at radius 1 is 0.909 bits per heavy atom. The van der Waals surface area contributed by atoms with E-state index in [0.717, 1.165) is 0 Å². The van der Waals surface area contributed by atoms with Gasteiger partial charge in [0.25, 0.3) is 0 Å². The highest BCUT2D eigenvalue weighted by atomic mass is 16.5. The number of carboxylic acids is 1. The molecule has 0 aliphatic carbocycles. The number of hydrogen-bond donors (Lipinski definition) is 1. The fourth-order valence-corrected chi connectivity index (χ4v) is 1.63. The normalized spacial score (nSPS) is 9.41. The maximum atomic E-state index is 11.2. The summed E-state index contributed by atoms with van der Waals surface area (Å²) in [6.45, 7) is 6.26. The van der Waals surface area contributed by atoms with Gasteiger partial charge in [-0.05, 0) is 56.2 Å². The third-order valence-electron chi connectivity index (χ3n) is 3.07. The summed E-state index contributed by atoms with van der Waals surface area (Å²) >= 11 is 0. The first kappa shape index (κ1) is 17.4. The summed E-state index contributed by atoms with van der Waals surface area (Å²) in [5, 5.41) is 8.60. The van der Waals surface area contributed by atoms with Gasteiger partial charge < -0.3 is 9.84 Å². The number of carbonyl (C=O) groups is 2. The van der Waals surface area contributed by atoms with Crippen LogP contribution >= 0.6 is 0 Å². The fourth-order valence-electron chi connectivity index (χ4n) is 1.63. The van der Waals surface area contributed by atoms with Crippen LogP contribution in [0.5, 0.6) is 0 Å². The lowest BCUT2D eigenvalue weighted by Crippen LogP contribution is -2.05. The molecule has 0 amide bonds. The van der Waals surface area contributed by atoms with Gasteiger partial charge in [-0.2, -0.15) is 0 Å². The molecule has 1 N–H and O–H groups in total. The molecule has 2 rings (SSSR count). The molecule has 22 heavy (non-hydrogen) atoms. The van der Waals surface area contributed by atoms with E-state index in [1.807, 2.05) is 0 Å². The number of aromatic carboxylic acids is 1. The Kier molecular flexibility index (Phi) is 6.83. The van der Waals surface area contributed by atoms with E-state index in [1.165, 1.54) is 35.4 Å². The first-order valence-corrected chi connectivity index (χ1v) is 6.98. The molecule has 0 aliphatic heterocycles. The number of rotatable bonds is 3. The number of carbonyl (C=O) groups excluding carboxylic acids is 1. The van der Waals surface area contributed by atoms with Crippen LogP contribution in [0.25, 0.3) is 0 Å². The predicted molar refractivity (Wildman–Crippen MR) is 85.3 cm³/mol. The molecule has 0 atom stereocenters. The van der Waals surface area contributed by atoms with E-state index in [1.54, 1.807) is 6.92 Å². The zero-order valence-electron chi connectivity index (χ0n) is 13.0. The molecule has 0 unspecified atom stereocenters. The molecule has 0 radical (unpaired) electrons. The van der Waals surface area contributed by atoms with Gasteiger partial charge in [0.05, 0.1) is 17.7 Å². The van der Waals surface area contributed by atoms with E-state index in [-0.39, 0.29) is 5.56 Å². The topological polar surface area (TPSA) is 63.6 Å². The minimum Gasteiger partial charge on any atom is -0.478 e. The summed E-state index contributed by atoms with van der Waals surface area (Å²) in [5.41, 5.74) is 3.25. The maximum absolute atomic E-state index is 11.2. The van der Waals surface area contributed by atoms with Gasteiger partial charge in [0.1, 0.15) is 0 Å². The van der Waals surface area contributed by atoms with Crippen LogP contribution in [-0.4, -0.2) is 23.7 Å². The van der Waals surface area contributed by atoms with Gasteiger partial charge in [0, 0.05) is 0 Å². The molecule has 0 saturated heterocycles. The second-order valence-corrected chi connectivity index (χ2v) is 4.69. The lowest BCUT2D eigenvalue weighted by atomic mass is 10.1. The predicted octanol–water partition coefficient (Wildman–Crippen LogP) is 3.86. The maximum Gasteiger partial charge on any atom is 0.338 e. The van der Waals surface area contributed by atoms with Crippen molar-refractivity contribution >= 4 is 11.9 Å². The van der Waals surface area contributed by atoms with Crippen molar-refractivity contribution in [1.82, 2.24) is 0 Å². The molecular weight excluding hydrogens is 280 g/mol. The molecule has 116 valence electrons. The van der Waals surface area contributed by atoms with Crippen molar-refractivity contribution in [3.05, 3.63) is 70.8 Å². The van der Waals surface area contributed by atoms with Crippen molar-refractivity contribution in [2.75, 3.05) is 6.61 Å². The van der Waals surface area contributed by atoms with E-state index >= 15 is 0 Å². The average Bonchev–Trinajstić information content (AvgIpc) is 2.51. The molecule has 2 aromatic rings. The highest BCUT2D eigenvalue weighted by molar-refractivity contribution is 5.92. The van der Waals surface area contributed by atoms with Gasteiger partial charge in [-0.3, -0.25) is 0 Å². The van der Waals surface area contributed by atoms with Crippen LogP contribution in [0.3, 0.4) is 0 Å². The summed E-state index contributed by atoms with van der Waals surface area (Å²) in [6.07, 6.45) is 0. The third kappa shape index (κ3) is 5.40. The van der Waals surface area contributed by atoms with E-state index in [0.29, 0.717) is 12.2 Å². The first-order chi connectivity index (χ1) is 10.5. The molecule has 0 heterocycles. The van der Waals surface area contributed by atoms with Crippen LogP contribution in [-0.2, 0) is 4.74 Å². The Hall–Kier alpha value is -2.62. The van der Waals surface area contributed by atoms with E-state index in [4.69, 9.17) is 9.84 Å². The third-order valence-corrected chi connectivity index (χ3v) is 3.07. The molecule has 0 spiro atoms. The number of carboxylic acid groups (broad SMARTS) is 1. The number of aryl methyl sites for hydroxylation is 2. The monoisotopic (exact) mass is 300 g/mol. The largest absolute Gasteiger partial charge is 0.478 e. The van der Waals surface area contributed by atoms with E-state index in [9.17, 15) is 9.59 Å². The lowest BCUT2D eigenvalue weighted by molar-refractivity contribution is 0.0525. The van der Waals surface area contributed by atoms with Crippen molar-refractivity contribution in [3.63, 3.8) is 0 Å². The van der Waals surface area contributed by atoms with Crippen LogP contribution in [0, 0.1) is 13.8 Å². The van der Waals surface area contributed by atoms with Crippen LogP contribution in [0.2, 0.25) is 0 Å². The Morgan fingerprint density at radius 3 is 1.73 bits per heavy atom. The van der Waals surface area contributed by atoms with Crippen LogP contribution in [0.1, 0.15) is 38.8 Å². The Labute approximate surface area is 130 Å².